The van der Waals surface area contributed by atoms with Crippen molar-refractivity contribution in [3.63, 3.8) is 0 Å². The summed E-state index contributed by atoms with van der Waals surface area (Å²) < 4.78 is 11.4. The number of carbonyl (C=O) groups excluding carboxylic acids is 3. The number of piperidine rings is 1. The summed E-state index contributed by atoms with van der Waals surface area (Å²) in [7, 11) is 5.18. The number of benzene rings is 1. The van der Waals surface area contributed by atoms with Gasteiger partial charge in [0.1, 0.15) is 29.6 Å². The number of likely N-dealkylation sites (tertiary alicyclic amines) is 1. The Kier molecular flexibility index (Phi) is 11.7. The number of hydrogen-bond acceptors (Lipinski definition) is 11. The molecule has 2 atom stereocenters. The van der Waals surface area contributed by atoms with Gasteiger partial charge in [-0.05, 0) is 89.5 Å². The Morgan fingerprint density at radius 3 is 2.44 bits per heavy atom. The van der Waals surface area contributed by atoms with Gasteiger partial charge in [-0.1, -0.05) is 19.8 Å². The molecule has 2 amide bonds. The number of aromatic nitrogens is 2. The van der Waals surface area contributed by atoms with Gasteiger partial charge in [-0.2, -0.15) is 4.98 Å². The maximum atomic E-state index is 13.3. The summed E-state index contributed by atoms with van der Waals surface area (Å²) in [5.74, 6) is 1.47. The third-order valence-electron chi connectivity index (χ3n) is 11.0. The number of hydrogen-bond donors (Lipinski definition) is 3. The molecule has 0 spiro atoms. The van der Waals surface area contributed by atoms with E-state index in [1.165, 1.54) is 0 Å². The zero-order chi connectivity index (χ0) is 35.2. The van der Waals surface area contributed by atoms with Crippen LogP contribution in [0.4, 0.5) is 23.1 Å². The van der Waals surface area contributed by atoms with Gasteiger partial charge in [-0.25, -0.2) is 4.98 Å². The van der Waals surface area contributed by atoms with Crippen LogP contribution in [0.2, 0.25) is 0 Å². The van der Waals surface area contributed by atoms with Gasteiger partial charge in [0, 0.05) is 44.3 Å². The third-order valence-corrected chi connectivity index (χ3v) is 11.0. The second-order valence-corrected chi connectivity index (χ2v) is 14.2. The lowest BCUT2D eigenvalue weighted by Crippen LogP contribution is -2.55. The van der Waals surface area contributed by atoms with Crippen LogP contribution in [0.15, 0.2) is 24.4 Å². The van der Waals surface area contributed by atoms with E-state index in [1.54, 1.807) is 37.4 Å². The highest BCUT2D eigenvalue weighted by atomic mass is 16.5. The van der Waals surface area contributed by atoms with Gasteiger partial charge in [-0.15, -0.1) is 0 Å². The summed E-state index contributed by atoms with van der Waals surface area (Å²) in [4.78, 5) is 54.9. The van der Waals surface area contributed by atoms with E-state index in [0.29, 0.717) is 41.5 Å². The average Bonchev–Trinajstić information content (AvgIpc) is 3.86. The summed E-state index contributed by atoms with van der Waals surface area (Å²) in [5, 5.41) is 9.63. The highest BCUT2D eigenvalue weighted by Gasteiger charge is 2.41. The van der Waals surface area contributed by atoms with Crippen LogP contribution in [-0.4, -0.2) is 104 Å². The predicted molar refractivity (Wildman–Crippen MR) is 193 cm³/mol. The monoisotopic (exact) mass is 690 g/mol. The van der Waals surface area contributed by atoms with Crippen molar-refractivity contribution in [2.24, 2.45) is 0 Å². The summed E-state index contributed by atoms with van der Waals surface area (Å²) in [6.07, 6.45) is 13.5. The Bertz CT molecular complexity index is 1500. The number of amides is 2. The van der Waals surface area contributed by atoms with E-state index in [2.05, 4.69) is 37.7 Å². The molecule has 272 valence electrons. The van der Waals surface area contributed by atoms with Gasteiger partial charge in [0.2, 0.25) is 11.9 Å². The fraction of sp³-hybridized carbons (Fsp3) is 0.649. The van der Waals surface area contributed by atoms with E-state index >= 15 is 0 Å². The van der Waals surface area contributed by atoms with Crippen LogP contribution >= 0.6 is 0 Å². The second-order valence-electron chi connectivity index (χ2n) is 14.2. The fourth-order valence-corrected chi connectivity index (χ4v) is 8.01. The van der Waals surface area contributed by atoms with E-state index in [9.17, 15) is 14.4 Å². The number of ether oxygens (including phenoxy) is 2. The van der Waals surface area contributed by atoms with Crippen molar-refractivity contribution in [1.82, 2.24) is 25.5 Å². The molecule has 13 nitrogen and oxygen atoms in total. The topological polar surface area (TPSA) is 141 Å². The minimum absolute atomic E-state index is 0.0682. The van der Waals surface area contributed by atoms with Crippen molar-refractivity contribution in [3.05, 3.63) is 30.0 Å². The summed E-state index contributed by atoms with van der Waals surface area (Å²) in [6, 6.07) is 5.12. The Hall–Kier alpha value is -3.97. The number of carbonyl (C=O) groups is 3. The zero-order valence-electron chi connectivity index (χ0n) is 30.1. The Balaban J connectivity index is 1.04. The highest BCUT2D eigenvalue weighted by Crippen LogP contribution is 2.40. The van der Waals surface area contributed by atoms with Crippen LogP contribution in [0.3, 0.4) is 0 Å². The normalized spacial score (nSPS) is 21.3. The van der Waals surface area contributed by atoms with Crippen LogP contribution in [0.1, 0.15) is 94.3 Å². The molecule has 0 unspecified atom stereocenters. The van der Waals surface area contributed by atoms with Gasteiger partial charge in [0.25, 0.3) is 5.91 Å². The van der Waals surface area contributed by atoms with Crippen molar-refractivity contribution >= 4 is 40.9 Å². The largest absolute Gasteiger partial charge is 0.495 e. The lowest BCUT2D eigenvalue weighted by molar-refractivity contribution is -0.151. The quantitative estimate of drug-likeness (QED) is 0.258. The van der Waals surface area contributed by atoms with Crippen molar-refractivity contribution in [1.29, 1.82) is 0 Å². The summed E-state index contributed by atoms with van der Waals surface area (Å²) >= 11 is 0. The molecule has 1 saturated heterocycles. The predicted octanol–water partition coefficient (Wildman–Crippen LogP) is 4.39. The molecular formula is C37H54N8O5. The number of rotatable bonds is 13. The van der Waals surface area contributed by atoms with E-state index in [1.807, 2.05) is 13.1 Å². The van der Waals surface area contributed by atoms with Crippen LogP contribution in [0, 0.1) is 0 Å². The number of fused-ring (bicyclic) bond motifs is 1. The number of methoxy groups -OCH3 is 1. The zero-order valence-corrected chi connectivity index (χ0v) is 30.1. The molecule has 2 aliphatic carbocycles. The molecular weight excluding hydrogens is 636 g/mol. The number of nitrogens with one attached hydrogen (secondary N) is 3. The Morgan fingerprint density at radius 1 is 1.04 bits per heavy atom. The highest BCUT2D eigenvalue weighted by molar-refractivity contribution is 6.04. The first-order valence-corrected chi connectivity index (χ1v) is 18.6. The van der Waals surface area contributed by atoms with E-state index in [4.69, 9.17) is 14.5 Å². The van der Waals surface area contributed by atoms with E-state index in [0.717, 1.165) is 89.7 Å². The Morgan fingerprint density at radius 2 is 1.76 bits per heavy atom. The SMILES string of the molecule is CC[C@@H]1C(=O)N(C)c2cnc(Nc3ccc(C(=O)NC4CCN(CC[C@H](NC)C(=O)OC5CCCC5)CC4)cc3OC)nc2N1C1CCCC1. The first-order chi connectivity index (χ1) is 24.3. The standard InChI is InChI=1S/C37H54N8O5/c1-5-30-35(47)43(3)31-23-39-37(42-33(31)45(30)26-10-6-7-11-26)41-28-15-14-24(22-32(28)49-4)34(46)40-25-16-19-44(20-17-25)21-18-29(38-2)36(48)50-27-12-8-9-13-27/h14-15,22-23,25-27,29-30,38H,5-13,16-21H2,1-4H3,(H,40,46)(H,39,41,42)/t29-,30+/m0/s1. The van der Waals surface area contributed by atoms with E-state index < -0.39 is 0 Å². The van der Waals surface area contributed by atoms with Gasteiger partial charge >= 0.3 is 5.97 Å². The Labute approximate surface area is 295 Å². The van der Waals surface area contributed by atoms with Crippen LogP contribution in [0.5, 0.6) is 5.75 Å². The number of anilines is 4. The maximum absolute atomic E-state index is 13.3. The first-order valence-electron chi connectivity index (χ1n) is 18.6. The van der Waals surface area contributed by atoms with E-state index in [-0.39, 0.29) is 48.1 Å². The number of likely N-dealkylation sites (N-methyl/N-ethyl adjacent to an activating group) is 2. The van der Waals surface area contributed by atoms with Crippen LogP contribution < -0.4 is 30.5 Å². The summed E-state index contributed by atoms with van der Waals surface area (Å²) in [5.41, 5.74) is 1.87. The molecule has 4 aliphatic rings. The molecule has 1 aromatic heterocycles. The summed E-state index contributed by atoms with van der Waals surface area (Å²) in [6.45, 7) is 4.56. The third kappa shape index (κ3) is 7.99. The minimum Gasteiger partial charge on any atom is -0.495 e. The molecule has 3 fully saturated rings. The molecule has 0 radical (unpaired) electrons. The number of esters is 1. The van der Waals surface area contributed by atoms with Crippen molar-refractivity contribution in [3.8, 4) is 5.75 Å². The van der Waals surface area contributed by atoms with Crippen LogP contribution in [0.25, 0.3) is 0 Å². The van der Waals surface area contributed by atoms with Crippen molar-refractivity contribution in [2.45, 2.75) is 114 Å². The molecule has 2 aliphatic heterocycles. The first kappa shape index (κ1) is 35.8. The molecule has 0 bridgehead atoms. The van der Waals surface area contributed by atoms with Gasteiger partial charge < -0.3 is 40.1 Å². The lowest BCUT2D eigenvalue weighted by atomic mass is 10.0. The smallest absolute Gasteiger partial charge is 0.323 e. The van der Waals surface area contributed by atoms with Gasteiger partial charge in [-0.3, -0.25) is 14.4 Å². The maximum Gasteiger partial charge on any atom is 0.323 e. The van der Waals surface area contributed by atoms with Gasteiger partial charge in [0.15, 0.2) is 5.82 Å². The second kappa shape index (κ2) is 16.4. The molecule has 2 saturated carbocycles. The lowest BCUT2D eigenvalue weighted by Gasteiger charge is -2.43. The van der Waals surface area contributed by atoms with Crippen LogP contribution in [-0.2, 0) is 14.3 Å². The fourth-order valence-electron chi connectivity index (χ4n) is 8.01. The minimum atomic E-state index is -0.299. The molecule has 2 aromatic rings. The molecule has 13 heteroatoms. The molecule has 3 N–H and O–H groups in total. The molecule has 3 heterocycles. The molecule has 6 rings (SSSR count). The van der Waals surface area contributed by atoms with Gasteiger partial charge in [0.05, 0.1) is 19.0 Å². The number of nitrogens with zero attached hydrogens (tertiary/aromatic N) is 5. The van der Waals surface area contributed by atoms with Crippen molar-refractivity contribution < 1.29 is 23.9 Å². The molecule has 50 heavy (non-hydrogen) atoms. The average molecular weight is 691 g/mol. The van der Waals surface area contributed by atoms with Crippen molar-refractivity contribution in [2.75, 3.05) is 56.0 Å². The molecule has 1 aromatic carbocycles.